The summed E-state index contributed by atoms with van der Waals surface area (Å²) in [4.78, 5) is 16.6. The summed E-state index contributed by atoms with van der Waals surface area (Å²) in [5.41, 5.74) is 2.53. The second-order valence-corrected chi connectivity index (χ2v) is 7.63. The van der Waals surface area contributed by atoms with E-state index in [1.807, 2.05) is 13.8 Å². The highest BCUT2D eigenvalue weighted by atomic mass is 19.1. The van der Waals surface area contributed by atoms with Crippen molar-refractivity contribution in [1.82, 2.24) is 20.1 Å². The molecular formula is C22H22F2N4O2. The lowest BCUT2D eigenvalue weighted by Gasteiger charge is -2.14. The highest BCUT2D eigenvalue weighted by molar-refractivity contribution is 5.94. The van der Waals surface area contributed by atoms with Gasteiger partial charge in [-0.2, -0.15) is 5.10 Å². The van der Waals surface area contributed by atoms with Crippen molar-refractivity contribution < 1.29 is 18.3 Å². The van der Waals surface area contributed by atoms with E-state index in [2.05, 4.69) is 15.4 Å². The van der Waals surface area contributed by atoms with Crippen molar-refractivity contribution in [1.29, 1.82) is 0 Å². The van der Waals surface area contributed by atoms with Crippen LogP contribution in [0.4, 0.5) is 8.78 Å². The highest BCUT2D eigenvalue weighted by Gasteiger charge is 2.28. The third kappa shape index (κ3) is 3.77. The van der Waals surface area contributed by atoms with Gasteiger partial charge in [-0.1, -0.05) is 13.8 Å². The molecule has 6 nitrogen and oxygen atoms in total. The first-order valence-electron chi connectivity index (χ1n) is 9.74. The molecule has 0 saturated heterocycles. The summed E-state index contributed by atoms with van der Waals surface area (Å²) in [6.45, 7) is 4.48. The molecule has 1 N–H and O–H groups in total. The van der Waals surface area contributed by atoms with Crippen LogP contribution < -0.4 is 10.1 Å². The van der Waals surface area contributed by atoms with Crippen LogP contribution in [-0.4, -0.2) is 27.8 Å². The van der Waals surface area contributed by atoms with Crippen LogP contribution in [0.3, 0.4) is 0 Å². The van der Waals surface area contributed by atoms with E-state index in [-0.39, 0.29) is 34.9 Å². The van der Waals surface area contributed by atoms with Crippen LogP contribution in [0.25, 0.3) is 11.3 Å². The summed E-state index contributed by atoms with van der Waals surface area (Å²) in [5.74, 6) is -0.901. The lowest BCUT2D eigenvalue weighted by molar-refractivity contribution is 0.0936. The molecule has 2 aromatic heterocycles. The summed E-state index contributed by atoms with van der Waals surface area (Å²) < 4.78 is 35.0. The van der Waals surface area contributed by atoms with Crippen LogP contribution in [-0.2, 0) is 6.54 Å². The molecule has 8 heteroatoms. The van der Waals surface area contributed by atoms with Gasteiger partial charge in [0.25, 0.3) is 5.91 Å². The van der Waals surface area contributed by atoms with Crippen molar-refractivity contribution in [3.05, 3.63) is 65.0 Å². The fourth-order valence-corrected chi connectivity index (χ4v) is 3.61. The molecule has 1 aliphatic rings. The van der Waals surface area contributed by atoms with E-state index in [0.29, 0.717) is 18.7 Å². The van der Waals surface area contributed by atoms with Gasteiger partial charge in [0, 0.05) is 23.7 Å². The number of hydrogen-bond acceptors (Lipinski definition) is 4. The zero-order valence-corrected chi connectivity index (χ0v) is 16.9. The minimum absolute atomic E-state index is 0.106. The van der Waals surface area contributed by atoms with Crippen LogP contribution in [0.2, 0.25) is 0 Å². The van der Waals surface area contributed by atoms with Crippen molar-refractivity contribution >= 4 is 5.91 Å². The van der Waals surface area contributed by atoms with Gasteiger partial charge in [-0.3, -0.25) is 9.48 Å². The average Bonchev–Trinajstić information content (AvgIpc) is 3.29. The summed E-state index contributed by atoms with van der Waals surface area (Å²) in [6, 6.07) is 7.32. The van der Waals surface area contributed by atoms with E-state index >= 15 is 0 Å². The molecule has 0 spiro atoms. The predicted molar refractivity (Wildman–Crippen MR) is 107 cm³/mol. The number of amides is 1. The average molecular weight is 412 g/mol. The van der Waals surface area contributed by atoms with Gasteiger partial charge in [0.15, 0.2) is 5.82 Å². The van der Waals surface area contributed by atoms with Crippen molar-refractivity contribution in [3.63, 3.8) is 0 Å². The highest BCUT2D eigenvalue weighted by Crippen LogP contribution is 2.32. The Kier molecular flexibility index (Phi) is 5.24. The molecule has 0 radical (unpaired) electrons. The first-order chi connectivity index (χ1) is 14.4. The summed E-state index contributed by atoms with van der Waals surface area (Å²) in [7, 11) is 1.46. The molecule has 3 aromatic rings. The summed E-state index contributed by atoms with van der Waals surface area (Å²) in [6.07, 6.45) is 1.75. The molecule has 1 aliphatic heterocycles. The van der Waals surface area contributed by atoms with Gasteiger partial charge >= 0.3 is 0 Å². The SMILES string of the molecule is COc1cc(-c2cc3n(n2)CC[C@H]3NC(=O)c2cc(F)cc(C(C)C)c2)c(F)cn1. The van der Waals surface area contributed by atoms with Crippen molar-refractivity contribution in [2.24, 2.45) is 0 Å². The van der Waals surface area contributed by atoms with Gasteiger partial charge in [-0.05, 0) is 42.2 Å². The minimum atomic E-state index is -0.505. The van der Waals surface area contributed by atoms with Crippen molar-refractivity contribution in [2.75, 3.05) is 7.11 Å². The standard InChI is InChI=1S/C22H22F2N4O2/c1-12(2)13-6-14(8-15(23)7-13)22(29)26-18-4-5-28-20(18)10-19(27-28)16-9-21(30-3)25-11-17(16)24/h6-12,18H,4-5H2,1-3H3,(H,26,29)/t18-/m1/s1. The molecule has 156 valence electrons. The summed E-state index contributed by atoms with van der Waals surface area (Å²) in [5, 5.41) is 7.41. The second-order valence-electron chi connectivity index (χ2n) is 7.63. The van der Waals surface area contributed by atoms with Crippen LogP contribution in [0, 0.1) is 11.6 Å². The molecular weight excluding hydrogens is 390 g/mol. The first-order valence-corrected chi connectivity index (χ1v) is 9.74. The van der Waals surface area contributed by atoms with Crippen molar-refractivity contribution in [2.45, 2.75) is 38.8 Å². The number of carbonyl (C=O) groups excluding carboxylic acids is 1. The number of pyridine rings is 1. The lowest BCUT2D eigenvalue weighted by atomic mass is 10.00. The molecule has 0 saturated carbocycles. The van der Waals surface area contributed by atoms with E-state index in [0.717, 1.165) is 17.5 Å². The topological polar surface area (TPSA) is 69.0 Å². The Hall–Kier alpha value is -3.29. The Bertz CT molecular complexity index is 1110. The fraction of sp³-hybridized carbons (Fsp3) is 0.318. The molecule has 4 rings (SSSR count). The van der Waals surface area contributed by atoms with Crippen LogP contribution in [0.1, 0.15) is 53.8 Å². The number of fused-ring (bicyclic) bond motifs is 1. The van der Waals surface area contributed by atoms with Gasteiger partial charge in [0.2, 0.25) is 5.88 Å². The predicted octanol–water partition coefficient (Wildman–Crippen LogP) is 4.23. The normalized spacial score (nSPS) is 15.3. The van der Waals surface area contributed by atoms with E-state index in [9.17, 15) is 13.6 Å². The number of nitrogens with zero attached hydrogens (tertiary/aromatic N) is 3. The van der Waals surface area contributed by atoms with E-state index in [4.69, 9.17) is 4.74 Å². The molecule has 0 fully saturated rings. The number of carbonyl (C=O) groups is 1. The van der Waals surface area contributed by atoms with E-state index in [1.54, 1.807) is 16.8 Å². The molecule has 0 bridgehead atoms. The van der Waals surface area contributed by atoms with Crippen molar-refractivity contribution in [3.8, 4) is 17.1 Å². The van der Waals surface area contributed by atoms with Gasteiger partial charge in [-0.15, -0.1) is 0 Å². The Morgan fingerprint density at radius 3 is 2.77 bits per heavy atom. The molecule has 0 aliphatic carbocycles. The first kappa shape index (κ1) is 20.0. The van der Waals surface area contributed by atoms with E-state index in [1.165, 1.54) is 25.3 Å². The number of halogens is 2. The molecule has 1 aromatic carbocycles. The van der Waals surface area contributed by atoms with Gasteiger partial charge < -0.3 is 10.1 Å². The molecule has 0 unspecified atom stereocenters. The Balaban J connectivity index is 1.58. The number of ether oxygens (including phenoxy) is 1. The van der Waals surface area contributed by atoms with Crippen LogP contribution in [0.15, 0.2) is 36.5 Å². The zero-order valence-electron chi connectivity index (χ0n) is 16.9. The molecule has 30 heavy (non-hydrogen) atoms. The third-order valence-electron chi connectivity index (χ3n) is 5.27. The number of rotatable bonds is 5. The van der Waals surface area contributed by atoms with Crippen LogP contribution >= 0.6 is 0 Å². The van der Waals surface area contributed by atoms with Gasteiger partial charge in [0.05, 0.1) is 30.7 Å². The molecule has 1 amide bonds. The quantitative estimate of drug-likeness (QED) is 0.681. The maximum absolute atomic E-state index is 14.3. The number of benzene rings is 1. The lowest BCUT2D eigenvalue weighted by Crippen LogP contribution is -2.27. The minimum Gasteiger partial charge on any atom is -0.481 e. The maximum Gasteiger partial charge on any atom is 0.251 e. The van der Waals surface area contributed by atoms with Gasteiger partial charge in [0.1, 0.15) is 5.82 Å². The Morgan fingerprint density at radius 2 is 2.03 bits per heavy atom. The third-order valence-corrected chi connectivity index (χ3v) is 5.27. The number of hydrogen-bond donors (Lipinski definition) is 1. The molecule has 1 atom stereocenters. The smallest absolute Gasteiger partial charge is 0.251 e. The fourth-order valence-electron chi connectivity index (χ4n) is 3.61. The number of aromatic nitrogens is 3. The second kappa shape index (κ2) is 7.85. The molecule has 3 heterocycles. The summed E-state index contributed by atoms with van der Waals surface area (Å²) >= 11 is 0. The Morgan fingerprint density at radius 1 is 1.23 bits per heavy atom. The number of nitrogens with one attached hydrogen (secondary N) is 1. The van der Waals surface area contributed by atoms with E-state index < -0.39 is 11.6 Å². The largest absolute Gasteiger partial charge is 0.481 e. The van der Waals surface area contributed by atoms with Crippen LogP contribution in [0.5, 0.6) is 5.88 Å². The number of aryl methyl sites for hydroxylation is 1. The maximum atomic E-state index is 14.3. The Labute approximate surface area is 172 Å². The number of methoxy groups -OCH3 is 1. The monoisotopic (exact) mass is 412 g/mol. The van der Waals surface area contributed by atoms with Gasteiger partial charge in [-0.25, -0.2) is 13.8 Å². The zero-order chi connectivity index (χ0) is 21.4.